The molecule has 0 bridgehead atoms. The number of aryl methyl sites for hydroxylation is 1. The number of aromatic nitrogens is 2. The average molecular weight is 268 g/mol. The van der Waals surface area contributed by atoms with Crippen molar-refractivity contribution in [1.82, 2.24) is 15.5 Å². The van der Waals surface area contributed by atoms with Crippen LogP contribution >= 0.6 is 0 Å². The molecular formula is C15H16N4O. The fraction of sp³-hybridized carbons (Fsp3) is 0.333. The summed E-state index contributed by atoms with van der Waals surface area (Å²) in [6, 6.07) is 6.31. The standard InChI is InChI=1S/C15H16N4O/c1-10-2-3-13-11(8-10)12-9-20-18-14(12)15(17-13)19-6-4-16-5-7-19/h2-3,8-9,16H,4-7H2,1H3. The van der Waals surface area contributed by atoms with Crippen LogP contribution in [0.3, 0.4) is 0 Å². The summed E-state index contributed by atoms with van der Waals surface area (Å²) in [5, 5.41) is 9.69. The van der Waals surface area contributed by atoms with Gasteiger partial charge in [-0.3, -0.25) is 0 Å². The second kappa shape index (κ2) is 4.45. The molecule has 2 aromatic heterocycles. The summed E-state index contributed by atoms with van der Waals surface area (Å²) in [5.74, 6) is 0.937. The number of hydrogen-bond acceptors (Lipinski definition) is 5. The number of nitrogens with zero attached hydrogens (tertiary/aromatic N) is 3. The Hall–Kier alpha value is -2.14. The first kappa shape index (κ1) is 11.7. The normalized spacial score (nSPS) is 16.1. The molecule has 0 spiro atoms. The lowest BCUT2D eigenvalue weighted by Gasteiger charge is -2.28. The van der Waals surface area contributed by atoms with Crippen LogP contribution < -0.4 is 10.2 Å². The fourth-order valence-electron chi connectivity index (χ4n) is 2.82. The van der Waals surface area contributed by atoms with Crippen molar-refractivity contribution in [2.75, 3.05) is 31.1 Å². The van der Waals surface area contributed by atoms with Crippen LogP contribution in [-0.4, -0.2) is 36.3 Å². The second-order valence-electron chi connectivity index (χ2n) is 5.27. The SMILES string of the molecule is Cc1ccc2nc(N3CCNCC3)c3nocc3c2c1. The molecule has 102 valence electrons. The molecule has 0 radical (unpaired) electrons. The quantitative estimate of drug-likeness (QED) is 0.732. The molecule has 1 aliphatic heterocycles. The third-order valence-corrected chi connectivity index (χ3v) is 3.87. The lowest BCUT2D eigenvalue weighted by Crippen LogP contribution is -2.44. The predicted molar refractivity (Wildman–Crippen MR) is 79.1 cm³/mol. The number of pyridine rings is 1. The van der Waals surface area contributed by atoms with Crippen LogP contribution in [0.5, 0.6) is 0 Å². The molecule has 3 heterocycles. The lowest BCUT2D eigenvalue weighted by molar-refractivity contribution is 0.428. The van der Waals surface area contributed by atoms with Crippen molar-refractivity contribution in [3.63, 3.8) is 0 Å². The fourth-order valence-corrected chi connectivity index (χ4v) is 2.82. The molecule has 20 heavy (non-hydrogen) atoms. The lowest BCUT2D eigenvalue weighted by atomic mass is 10.1. The van der Waals surface area contributed by atoms with Crippen LogP contribution in [0.25, 0.3) is 21.8 Å². The molecule has 4 rings (SSSR count). The number of fused-ring (bicyclic) bond motifs is 3. The number of rotatable bonds is 1. The first-order chi connectivity index (χ1) is 9.83. The largest absolute Gasteiger partial charge is 0.363 e. The molecule has 1 aliphatic rings. The molecule has 0 atom stereocenters. The van der Waals surface area contributed by atoms with Gasteiger partial charge in [0.2, 0.25) is 0 Å². The van der Waals surface area contributed by atoms with Crippen molar-refractivity contribution >= 4 is 27.6 Å². The van der Waals surface area contributed by atoms with Crippen LogP contribution in [-0.2, 0) is 0 Å². The highest BCUT2D eigenvalue weighted by Crippen LogP contribution is 2.31. The molecule has 1 aromatic carbocycles. The minimum absolute atomic E-state index is 0.866. The minimum Gasteiger partial charge on any atom is -0.363 e. The van der Waals surface area contributed by atoms with E-state index in [1.807, 2.05) is 0 Å². The van der Waals surface area contributed by atoms with E-state index in [2.05, 4.69) is 40.5 Å². The van der Waals surface area contributed by atoms with E-state index in [1.54, 1.807) is 6.26 Å². The van der Waals surface area contributed by atoms with Crippen LogP contribution in [0.4, 0.5) is 5.82 Å². The van der Waals surface area contributed by atoms with Gasteiger partial charge < -0.3 is 14.7 Å². The molecule has 5 heteroatoms. The van der Waals surface area contributed by atoms with Crippen molar-refractivity contribution < 1.29 is 4.52 Å². The van der Waals surface area contributed by atoms with Gasteiger partial charge in [0, 0.05) is 31.6 Å². The number of piperazine rings is 1. The number of nitrogens with one attached hydrogen (secondary N) is 1. The number of hydrogen-bond donors (Lipinski definition) is 1. The molecule has 0 saturated carbocycles. The van der Waals surface area contributed by atoms with Gasteiger partial charge in [0.1, 0.15) is 6.26 Å². The smallest absolute Gasteiger partial charge is 0.159 e. The summed E-state index contributed by atoms with van der Waals surface area (Å²) < 4.78 is 5.21. The van der Waals surface area contributed by atoms with Crippen LogP contribution in [0, 0.1) is 6.92 Å². The van der Waals surface area contributed by atoms with E-state index < -0.39 is 0 Å². The van der Waals surface area contributed by atoms with E-state index in [9.17, 15) is 0 Å². The summed E-state index contributed by atoms with van der Waals surface area (Å²) in [6.45, 7) is 5.95. The first-order valence-corrected chi connectivity index (χ1v) is 6.93. The number of anilines is 1. The Balaban J connectivity index is 1.99. The van der Waals surface area contributed by atoms with Crippen molar-refractivity contribution in [3.05, 3.63) is 30.0 Å². The van der Waals surface area contributed by atoms with E-state index >= 15 is 0 Å². The van der Waals surface area contributed by atoms with Crippen molar-refractivity contribution in [2.45, 2.75) is 6.92 Å². The molecular weight excluding hydrogens is 252 g/mol. The van der Waals surface area contributed by atoms with Crippen LogP contribution in [0.15, 0.2) is 29.0 Å². The Morgan fingerprint density at radius 3 is 2.90 bits per heavy atom. The van der Waals surface area contributed by atoms with Gasteiger partial charge in [-0.1, -0.05) is 16.8 Å². The molecule has 5 nitrogen and oxygen atoms in total. The predicted octanol–water partition coefficient (Wildman–Crippen LogP) is 2.09. The summed E-state index contributed by atoms with van der Waals surface area (Å²) >= 11 is 0. The summed E-state index contributed by atoms with van der Waals surface area (Å²) in [4.78, 5) is 7.09. The highest BCUT2D eigenvalue weighted by atomic mass is 16.5. The van der Waals surface area contributed by atoms with E-state index in [0.29, 0.717) is 0 Å². The third-order valence-electron chi connectivity index (χ3n) is 3.87. The van der Waals surface area contributed by atoms with Gasteiger partial charge in [-0.05, 0) is 19.1 Å². The molecule has 1 N–H and O–H groups in total. The Labute approximate surface area is 116 Å². The monoisotopic (exact) mass is 268 g/mol. The Morgan fingerprint density at radius 1 is 1.20 bits per heavy atom. The van der Waals surface area contributed by atoms with Crippen molar-refractivity contribution in [2.24, 2.45) is 0 Å². The molecule has 1 saturated heterocycles. The van der Waals surface area contributed by atoms with E-state index in [0.717, 1.165) is 53.8 Å². The average Bonchev–Trinajstić information content (AvgIpc) is 2.97. The third kappa shape index (κ3) is 1.74. The molecule has 3 aromatic rings. The molecule has 1 fully saturated rings. The van der Waals surface area contributed by atoms with Gasteiger partial charge in [0.15, 0.2) is 11.3 Å². The Kier molecular flexibility index (Phi) is 2.60. The second-order valence-corrected chi connectivity index (χ2v) is 5.27. The van der Waals surface area contributed by atoms with Crippen LogP contribution in [0.2, 0.25) is 0 Å². The summed E-state index contributed by atoms with van der Waals surface area (Å²) in [5.41, 5.74) is 3.08. The van der Waals surface area contributed by atoms with E-state index in [-0.39, 0.29) is 0 Å². The zero-order valence-electron chi connectivity index (χ0n) is 11.4. The zero-order chi connectivity index (χ0) is 13.5. The minimum atomic E-state index is 0.866. The highest BCUT2D eigenvalue weighted by molar-refractivity contribution is 6.08. The number of benzene rings is 1. The van der Waals surface area contributed by atoms with Gasteiger partial charge in [0.05, 0.1) is 10.9 Å². The summed E-state index contributed by atoms with van der Waals surface area (Å²) in [7, 11) is 0. The topological polar surface area (TPSA) is 54.2 Å². The van der Waals surface area contributed by atoms with Gasteiger partial charge in [0.25, 0.3) is 0 Å². The van der Waals surface area contributed by atoms with Crippen molar-refractivity contribution in [1.29, 1.82) is 0 Å². The highest BCUT2D eigenvalue weighted by Gasteiger charge is 2.19. The van der Waals surface area contributed by atoms with Gasteiger partial charge >= 0.3 is 0 Å². The Morgan fingerprint density at radius 2 is 2.05 bits per heavy atom. The van der Waals surface area contributed by atoms with E-state index in [1.165, 1.54) is 5.56 Å². The van der Waals surface area contributed by atoms with Gasteiger partial charge in [-0.15, -0.1) is 0 Å². The van der Waals surface area contributed by atoms with Gasteiger partial charge in [-0.2, -0.15) is 0 Å². The maximum absolute atomic E-state index is 5.21. The maximum Gasteiger partial charge on any atom is 0.159 e. The summed E-state index contributed by atoms with van der Waals surface area (Å²) in [6.07, 6.45) is 1.73. The molecule has 0 amide bonds. The molecule has 0 unspecified atom stereocenters. The van der Waals surface area contributed by atoms with Gasteiger partial charge in [-0.25, -0.2) is 4.98 Å². The zero-order valence-corrected chi connectivity index (χ0v) is 11.4. The van der Waals surface area contributed by atoms with Crippen LogP contribution in [0.1, 0.15) is 5.56 Å². The van der Waals surface area contributed by atoms with E-state index in [4.69, 9.17) is 9.51 Å². The maximum atomic E-state index is 5.21. The molecule has 0 aliphatic carbocycles. The first-order valence-electron chi connectivity index (χ1n) is 6.93. The Bertz CT molecular complexity index is 774. The van der Waals surface area contributed by atoms with Crippen molar-refractivity contribution in [3.8, 4) is 0 Å².